The number of carbonyl (C=O) groups excluding carboxylic acids is 2. The van der Waals surface area contributed by atoms with E-state index in [0.29, 0.717) is 29.7 Å². The molecule has 1 aliphatic heterocycles. The lowest BCUT2D eigenvalue weighted by molar-refractivity contribution is -0.141. The van der Waals surface area contributed by atoms with Gasteiger partial charge in [0.1, 0.15) is 6.54 Å². The number of methoxy groups -OCH3 is 1. The number of piperidine rings is 1. The van der Waals surface area contributed by atoms with E-state index in [4.69, 9.17) is 4.74 Å². The number of carbonyl (C=O) groups is 2. The molecule has 10 heteroatoms. The molecule has 1 amide bonds. The van der Waals surface area contributed by atoms with Gasteiger partial charge in [0.15, 0.2) is 4.80 Å². The summed E-state index contributed by atoms with van der Waals surface area (Å²) in [5, 5.41) is 0. The Morgan fingerprint density at radius 2 is 1.78 bits per heavy atom. The maximum atomic E-state index is 13.0. The summed E-state index contributed by atoms with van der Waals surface area (Å²) >= 11 is 1.32. The Morgan fingerprint density at radius 1 is 1.11 bits per heavy atom. The second-order valence-corrected chi connectivity index (χ2v) is 12.4. The molecule has 2 heterocycles. The molecule has 192 valence electrons. The molecular weight excluding hydrogens is 498 g/mol. The number of rotatable bonds is 6. The molecule has 1 aromatic heterocycles. The fourth-order valence-electron chi connectivity index (χ4n) is 4.18. The SMILES string of the molecule is COC(=O)Cn1c(=NC(=O)c2ccc(S(=O)(=O)N3CCC(C)CC3)cc2)sc2cc(C(C)C)ccc21. The standard InChI is InChI=1S/C26H31N3O5S2/c1-17(2)20-7-10-22-23(15-20)35-26(29(22)16-24(30)34-4)27-25(31)19-5-8-21(9-6-19)36(32,33)28-13-11-18(3)12-14-28/h5-10,15,17-18H,11-14,16H2,1-4H3. The fourth-order valence-corrected chi connectivity index (χ4v) is 6.72. The van der Waals surface area contributed by atoms with E-state index in [9.17, 15) is 18.0 Å². The van der Waals surface area contributed by atoms with E-state index in [1.165, 1.54) is 47.0 Å². The van der Waals surface area contributed by atoms with E-state index < -0.39 is 21.9 Å². The summed E-state index contributed by atoms with van der Waals surface area (Å²) in [5.74, 6) is -0.111. The first kappa shape index (κ1) is 26.2. The van der Waals surface area contributed by atoms with Crippen LogP contribution in [0.5, 0.6) is 0 Å². The molecule has 3 aromatic rings. The third-order valence-corrected chi connectivity index (χ3v) is 9.52. The van der Waals surface area contributed by atoms with Gasteiger partial charge < -0.3 is 9.30 Å². The topological polar surface area (TPSA) is 98.0 Å². The van der Waals surface area contributed by atoms with Gasteiger partial charge in [-0.1, -0.05) is 38.2 Å². The first-order chi connectivity index (χ1) is 17.1. The number of nitrogens with zero attached hydrogens (tertiary/aromatic N) is 3. The quantitative estimate of drug-likeness (QED) is 0.447. The van der Waals surface area contributed by atoms with Crippen molar-refractivity contribution in [3.05, 3.63) is 58.4 Å². The minimum atomic E-state index is -3.60. The van der Waals surface area contributed by atoms with Gasteiger partial charge in [-0.2, -0.15) is 9.30 Å². The summed E-state index contributed by atoms with van der Waals surface area (Å²) in [4.78, 5) is 29.9. The molecule has 0 saturated carbocycles. The van der Waals surface area contributed by atoms with Crippen LogP contribution in [0.2, 0.25) is 0 Å². The molecule has 0 N–H and O–H groups in total. The van der Waals surface area contributed by atoms with Crippen LogP contribution in [-0.4, -0.2) is 49.4 Å². The number of aromatic nitrogens is 1. The van der Waals surface area contributed by atoms with E-state index in [1.807, 2.05) is 18.2 Å². The summed E-state index contributed by atoms with van der Waals surface area (Å²) in [5.41, 5.74) is 2.21. The molecule has 8 nitrogen and oxygen atoms in total. The maximum absolute atomic E-state index is 13.0. The van der Waals surface area contributed by atoms with Gasteiger partial charge in [0, 0.05) is 18.7 Å². The predicted molar refractivity (Wildman–Crippen MR) is 139 cm³/mol. The van der Waals surface area contributed by atoms with Crippen LogP contribution in [0.25, 0.3) is 10.2 Å². The van der Waals surface area contributed by atoms with Crippen molar-refractivity contribution in [3.63, 3.8) is 0 Å². The number of ether oxygens (including phenoxy) is 1. The minimum absolute atomic E-state index is 0.0741. The molecule has 0 spiro atoms. The molecule has 0 radical (unpaired) electrons. The van der Waals surface area contributed by atoms with E-state index in [-0.39, 0.29) is 17.0 Å². The molecule has 0 atom stereocenters. The van der Waals surface area contributed by atoms with Crippen LogP contribution in [-0.2, 0) is 26.1 Å². The lowest BCUT2D eigenvalue weighted by Crippen LogP contribution is -2.37. The van der Waals surface area contributed by atoms with E-state index in [2.05, 4.69) is 25.8 Å². The molecule has 36 heavy (non-hydrogen) atoms. The van der Waals surface area contributed by atoms with E-state index in [1.54, 1.807) is 4.57 Å². The van der Waals surface area contributed by atoms with Crippen molar-refractivity contribution in [2.75, 3.05) is 20.2 Å². The highest BCUT2D eigenvalue weighted by atomic mass is 32.2. The Hall–Kier alpha value is -2.82. The van der Waals surface area contributed by atoms with Gasteiger partial charge in [0.2, 0.25) is 10.0 Å². The molecule has 1 aliphatic rings. The van der Waals surface area contributed by atoms with Crippen LogP contribution in [0.1, 0.15) is 55.5 Å². The van der Waals surface area contributed by atoms with Gasteiger partial charge in [-0.05, 0) is 66.6 Å². The molecule has 0 aliphatic carbocycles. The average Bonchev–Trinajstić information content (AvgIpc) is 3.20. The highest BCUT2D eigenvalue weighted by Gasteiger charge is 2.28. The summed E-state index contributed by atoms with van der Waals surface area (Å²) < 4.78 is 34.9. The highest BCUT2D eigenvalue weighted by molar-refractivity contribution is 7.89. The van der Waals surface area contributed by atoms with Gasteiger partial charge >= 0.3 is 5.97 Å². The Kier molecular flexibility index (Phi) is 7.77. The molecule has 0 bridgehead atoms. The first-order valence-electron chi connectivity index (χ1n) is 12.0. The summed E-state index contributed by atoms with van der Waals surface area (Å²) in [7, 11) is -2.28. The number of sulfonamides is 1. The van der Waals surface area contributed by atoms with Crippen molar-refractivity contribution < 1.29 is 22.7 Å². The zero-order chi connectivity index (χ0) is 26.0. The van der Waals surface area contributed by atoms with Gasteiger partial charge in [0.05, 0.1) is 22.2 Å². The zero-order valence-corrected chi connectivity index (χ0v) is 22.6. The van der Waals surface area contributed by atoms with Crippen molar-refractivity contribution in [1.29, 1.82) is 0 Å². The number of esters is 1. The van der Waals surface area contributed by atoms with Gasteiger partial charge in [0.25, 0.3) is 5.91 Å². The second-order valence-electron chi connectivity index (χ2n) is 9.46. The third kappa shape index (κ3) is 5.45. The Labute approximate surface area is 215 Å². The second kappa shape index (κ2) is 10.7. The third-order valence-electron chi connectivity index (χ3n) is 6.57. The van der Waals surface area contributed by atoms with Crippen LogP contribution in [0, 0.1) is 5.92 Å². The normalized spacial score (nSPS) is 16.1. The van der Waals surface area contributed by atoms with Crippen molar-refractivity contribution in [2.45, 2.75) is 51.0 Å². The molecule has 4 rings (SSSR count). The van der Waals surface area contributed by atoms with Crippen LogP contribution >= 0.6 is 11.3 Å². The highest BCUT2D eigenvalue weighted by Crippen LogP contribution is 2.25. The molecular formula is C26H31N3O5S2. The number of benzene rings is 2. The van der Waals surface area contributed by atoms with Gasteiger partial charge in [-0.25, -0.2) is 8.42 Å². The number of hydrogen-bond donors (Lipinski definition) is 0. The van der Waals surface area contributed by atoms with Crippen molar-refractivity contribution in [3.8, 4) is 0 Å². The van der Waals surface area contributed by atoms with Crippen molar-refractivity contribution in [2.24, 2.45) is 10.9 Å². The number of fused-ring (bicyclic) bond motifs is 1. The van der Waals surface area contributed by atoms with Crippen LogP contribution in [0.4, 0.5) is 0 Å². The van der Waals surface area contributed by atoms with Gasteiger partial charge in [-0.3, -0.25) is 9.59 Å². The Balaban J connectivity index is 1.66. The lowest BCUT2D eigenvalue weighted by atomic mass is 10.0. The van der Waals surface area contributed by atoms with Crippen molar-refractivity contribution >= 4 is 43.5 Å². The Morgan fingerprint density at radius 3 is 2.39 bits per heavy atom. The number of hydrogen-bond acceptors (Lipinski definition) is 6. The molecule has 1 fully saturated rings. The lowest BCUT2D eigenvalue weighted by Gasteiger charge is -2.29. The first-order valence-corrected chi connectivity index (χ1v) is 14.2. The molecule has 0 unspecified atom stereocenters. The van der Waals surface area contributed by atoms with E-state index >= 15 is 0 Å². The summed E-state index contributed by atoms with van der Waals surface area (Å²) in [6.07, 6.45) is 1.68. The molecule has 1 saturated heterocycles. The number of thiazole rings is 1. The van der Waals surface area contributed by atoms with Gasteiger partial charge in [-0.15, -0.1) is 0 Å². The average molecular weight is 530 g/mol. The smallest absolute Gasteiger partial charge is 0.325 e. The monoisotopic (exact) mass is 529 g/mol. The number of amides is 1. The summed E-state index contributed by atoms with van der Waals surface area (Å²) in [6, 6.07) is 11.9. The van der Waals surface area contributed by atoms with Crippen molar-refractivity contribution in [1.82, 2.24) is 8.87 Å². The van der Waals surface area contributed by atoms with Crippen LogP contribution < -0.4 is 4.80 Å². The minimum Gasteiger partial charge on any atom is -0.468 e. The van der Waals surface area contributed by atoms with Crippen LogP contribution in [0.3, 0.4) is 0 Å². The predicted octanol–water partition coefficient (Wildman–Crippen LogP) is 4.16. The van der Waals surface area contributed by atoms with Crippen LogP contribution in [0.15, 0.2) is 52.4 Å². The Bertz CT molecular complexity index is 1440. The fraction of sp³-hybridized carbons (Fsp3) is 0.423. The summed E-state index contributed by atoms with van der Waals surface area (Å²) in [6.45, 7) is 7.26. The zero-order valence-electron chi connectivity index (χ0n) is 20.9. The maximum Gasteiger partial charge on any atom is 0.325 e. The largest absolute Gasteiger partial charge is 0.468 e. The van der Waals surface area contributed by atoms with E-state index in [0.717, 1.165) is 28.6 Å². The molecule has 2 aromatic carbocycles.